The van der Waals surface area contributed by atoms with Crippen molar-refractivity contribution in [2.45, 2.75) is 45.4 Å². The summed E-state index contributed by atoms with van der Waals surface area (Å²) in [7, 11) is 0. The van der Waals surface area contributed by atoms with Gasteiger partial charge in [0.25, 0.3) is 0 Å². The van der Waals surface area contributed by atoms with Crippen LogP contribution in [-0.2, 0) is 17.4 Å². The maximum Gasteiger partial charge on any atom is 0.416 e. The highest BCUT2D eigenvalue weighted by molar-refractivity contribution is 5.79. The number of carbonyl (C=O) groups excluding carboxylic acids is 1. The second-order valence-corrected chi connectivity index (χ2v) is 6.99. The third-order valence-corrected chi connectivity index (χ3v) is 4.57. The summed E-state index contributed by atoms with van der Waals surface area (Å²) in [5.41, 5.74) is 0.410. The summed E-state index contributed by atoms with van der Waals surface area (Å²) >= 11 is 0. The molecule has 0 radical (unpaired) electrons. The number of ether oxygens (including phenoxy) is 1. The van der Waals surface area contributed by atoms with Crippen molar-refractivity contribution in [2.75, 3.05) is 13.1 Å². The van der Waals surface area contributed by atoms with E-state index in [-0.39, 0.29) is 18.4 Å². The fraction of sp³-hybridized carbons (Fsp3) is 0.450. The Labute approximate surface area is 161 Å². The molecule has 2 aromatic rings. The number of likely N-dealkylation sites (tertiary alicyclic amines) is 1. The molecule has 0 bridgehead atoms. The monoisotopic (exact) mass is 393 g/mol. The first kappa shape index (κ1) is 20.1. The van der Waals surface area contributed by atoms with Crippen LogP contribution in [0.5, 0.6) is 5.88 Å². The lowest BCUT2D eigenvalue weighted by Gasteiger charge is -2.32. The summed E-state index contributed by atoms with van der Waals surface area (Å²) in [5.74, 6) is 0.883. The van der Waals surface area contributed by atoms with Gasteiger partial charge in [0.05, 0.1) is 18.5 Å². The van der Waals surface area contributed by atoms with Crippen LogP contribution in [0.1, 0.15) is 35.5 Å². The Morgan fingerprint density at radius 3 is 2.75 bits per heavy atom. The number of aromatic nitrogens is 2. The van der Waals surface area contributed by atoms with Crippen LogP contribution in [-0.4, -0.2) is 40.0 Å². The molecule has 8 heteroatoms. The minimum absolute atomic E-state index is 0.0671. The van der Waals surface area contributed by atoms with Gasteiger partial charge in [-0.15, -0.1) is 0 Å². The summed E-state index contributed by atoms with van der Waals surface area (Å²) < 4.78 is 44.5. The maximum absolute atomic E-state index is 12.9. The van der Waals surface area contributed by atoms with Gasteiger partial charge in [-0.3, -0.25) is 4.79 Å². The molecule has 0 N–H and O–H groups in total. The van der Waals surface area contributed by atoms with Gasteiger partial charge >= 0.3 is 6.18 Å². The molecule has 1 aromatic heterocycles. The van der Waals surface area contributed by atoms with Crippen LogP contribution in [0.2, 0.25) is 0 Å². The van der Waals surface area contributed by atoms with Gasteiger partial charge in [0, 0.05) is 18.3 Å². The minimum Gasteiger partial charge on any atom is -0.472 e. The van der Waals surface area contributed by atoms with Gasteiger partial charge in [-0.1, -0.05) is 18.2 Å². The number of piperidine rings is 1. The molecule has 1 unspecified atom stereocenters. The van der Waals surface area contributed by atoms with Crippen molar-refractivity contribution >= 4 is 5.91 Å². The topological polar surface area (TPSA) is 55.3 Å². The van der Waals surface area contributed by atoms with Crippen LogP contribution >= 0.6 is 0 Å². The van der Waals surface area contributed by atoms with Crippen LogP contribution in [0.3, 0.4) is 0 Å². The highest BCUT2D eigenvalue weighted by atomic mass is 19.4. The number of carbonyl (C=O) groups is 1. The summed E-state index contributed by atoms with van der Waals surface area (Å²) in [6.07, 6.45) is -3.13. The average molecular weight is 393 g/mol. The number of aryl methyl sites for hydroxylation is 2. The normalized spacial score (nSPS) is 17.5. The molecule has 1 aliphatic rings. The smallest absolute Gasteiger partial charge is 0.416 e. The van der Waals surface area contributed by atoms with Crippen molar-refractivity contribution in [1.29, 1.82) is 0 Å². The lowest BCUT2D eigenvalue weighted by atomic mass is 10.0. The molecule has 1 aliphatic heterocycles. The highest BCUT2D eigenvalue weighted by Gasteiger charge is 2.31. The maximum atomic E-state index is 12.9. The Balaban J connectivity index is 1.63. The fourth-order valence-electron chi connectivity index (χ4n) is 3.32. The van der Waals surface area contributed by atoms with Gasteiger partial charge in [0.2, 0.25) is 11.8 Å². The van der Waals surface area contributed by atoms with Crippen molar-refractivity contribution in [1.82, 2.24) is 14.9 Å². The van der Waals surface area contributed by atoms with E-state index < -0.39 is 11.7 Å². The van der Waals surface area contributed by atoms with Gasteiger partial charge in [0.1, 0.15) is 11.9 Å². The third kappa shape index (κ3) is 5.21. The summed E-state index contributed by atoms with van der Waals surface area (Å²) in [6, 6.07) is 6.65. The highest BCUT2D eigenvalue weighted by Crippen LogP contribution is 2.29. The van der Waals surface area contributed by atoms with E-state index in [1.807, 2.05) is 6.92 Å². The van der Waals surface area contributed by atoms with Crippen LogP contribution in [0.4, 0.5) is 13.2 Å². The van der Waals surface area contributed by atoms with Gasteiger partial charge in [0.15, 0.2) is 0 Å². The third-order valence-electron chi connectivity index (χ3n) is 4.57. The van der Waals surface area contributed by atoms with Gasteiger partial charge in [-0.2, -0.15) is 18.2 Å². The van der Waals surface area contributed by atoms with Gasteiger partial charge < -0.3 is 9.64 Å². The molecular weight excluding hydrogens is 371 g/mol. The van der Waals surface area contributed by atoms with E-state index in [2.05, 4.69) is 9.97 Å². The predicted molar refractivity (Wildman–Crippen MR) is 96.9 cm³/mol. The number of alkyl halides is 3. The first-order chi connectivity index (χ1) is 13.2. The molecule has 150 valence electrons. The number of nitrogens with zero attached hydrogens (tertiary/aromatic N) is 3. The summed E-state index contributed by atoms with van der Waals surface area (Å²) in [6.45, 7) is 4.60. The fourth-order valence-corrected chi connectivity index (χ4v) is 3.32. The molecule has 2 heterocycles. The second-order valence-electron chi connectivity index (χ2n) is 6.99. The zero-order valence-corrected chi connectivity index (χ0v) is 15.8. The van der Waals surface area contributed by atoms with Gasteiger partial charge in [-0.25, -0.2) is 4.98 Å². The van der Waals surface area contributed by atoms with Crippen molar-refractivity contribution in [3.05, 3.63) is 53.0 Å². The molecule has 1 atom stereocenters. The number of hydrogen-bond donors (Lipinski definition) is 0. The number of halogens is 3. The number of benzene rings is 1. The van der Waals surface area contributed by atoms with Crippen molar-refractivity contribution < 1.29 is 22.7 Å². The van der Waals surface area contributed by atoms with E-state index in [1.165, 1.54) is 12.1 Å². The lowest BCUT2D eigenvalue weighted by Crippen LogP contribution is -2.45. The molecule has 1 saturated heterocycles. The van der Waals surface area contributed by atoms with Crippen molar-refractivity contribution in [2.24, 2.45) is 0 Å². The molecule has 0 spiro atoms. The Hall–Kier alpha value is -2.64. The Kier molecular flexibility index (Phi) is 5.86. The predicted octanol–water partition coefficient (Wildman–Crippen LogP) is 3.72. The molecule has 0 saturated carbocycles. The second kappa shape index (κ2) is 8.16. The van der Waals surface area contributed by atoms with Crippen LogP contribution in [0, 0.1) is 13.8 Å². The molecule has 5 nitrogen and oxygen atoms in total. The minimum atomic E-state index is -4.42. The van der Waals surface area contributed by atoms with E-state index in [1.54, 1.807) is 17.9 Å². The first-order valence-electron chi connectivity index (χ1n) is 9.13. The van der Waals surface area contributed by atoms with Crippen LogP contribution in [0.15, 0.2) is 30.3 Å². The molecule has 0 aliphatic carbocycles. The van der Waals surface area contributed by atoms with Gasteiger partial charge in [-0.05, 0) is 38.3 Å². The number of rotatable bonds is 4. The Morgan fingerprint density at radius 1 is 1.25 bits per heavy atom. The number of amides is 1. The largest absolute Gasteiger partial charge is 0.472 e. The SMILES string of the molecule is Cc1cc(OC2CCCN(C(=O)Cc3cccc(C(F)(F)F)c3)C2)nc(C)n1. The van der Waals surface area contributed by atoms with Crippen LogP contribution < -0.4 is 4.74 Å². The summed E-state index contributed by atoms with van der Waals surface area (Å²) in [5, 5.41) is 0. The van der Waals surface area contributed by atoms with E-state index >= 15 is 0 Å². The van der Waals surface area contributed by atoms with E-state index in [4.69, 9.17) is 4.74 Å². The van der Waals surface area contributed by atoms with Crippen molar-refractivity contribution in [3.63, 3.8) is 0 Å². The van der Waals surface area contributed by atoms with Crippen molar-refractivity contribution in [3.8, 4) is 5.88 Å². The first-order valence-corrected chi connectivity index (χ1v) is 9.13. The van der Waals surface area contributed by atoms with E-state index in [0.29, 0.717) is 30.4 Å². The lowest BCUT2D eigenvalue weighted by molar-refractivity contribution is -0.138. The van der Waals surface area contributed by atoms with Crippen LogP contribution in [0.25, 0.3) is 0 Å². The molecule has 1 fully saturated rings. The molecule has 28 heavy (non-hydrogen) atoms. The summed E-state index contributed by atoms with van der Waals surface area (Å²) in [4.78, 5) is 22.7. The quantitative estimate of drug-likeness (QED) is 0.794. The zero-order valence-electron chi connectivity index (χ0n) is 15.8. The van der Waals surface area contributed by atoms with E-state index in [9.17, 15) is 18.0 Å². The Morgan fingerprint density at radius 2 is 2.04 bits per heavy atom. The standard InChI is InChI=1S/C20H22F3N3O2/c1-13-9-18(25-14(2)24-13)28-17-7-4-8-26(12-17)19(27)11-15-5-3-6-16(10-15)20(21,22)23/h3,5-6,9-10,17H,4,7-8,11-12H2,1-2H3. The average Bonchev–Trinajstić information content (AvgIpc) is 2.60. The zero-order chi connectivity index (χ0) is 20.3. The molecular formula is C20H22F3N3O2. The Bertz CT molecular complexity index is 835. The molecule has 1 aromatic carbocycles. The van der Waals surface area contributed by atoms with E-state index in [0.717, 1.165) is 30.7 Å². The molecule has 1 amide bonds. The number of hydrogen-bond acceptors (Lipinski definition) is 4. The molecule has 3 rings (SSSR count).